The number of rotatable bonds is 7. The van der Waals surface area contributed by atoms with Crippen LogP contribution in [-0.2, 0) is 16.1 Å². The second kappa shape index (κ2) is 9.44. The fourth-order valence-corrected chi connectivity index (χ4v) is 4.24. The molecule has 1 atom stereocenters. The van der Waals surface area contributed by atoms with Crippen molar-refractivity contribution < 1.29 is 28.2 Å². The van der Waals surface area contributed by atoms with Crippen molar-refractivity contribution in [2.75, 3.05) is 34.0 Å². The smallest absolute Gasteiger partial charge is 0.294 e. The molecule has 0 fully saturated rings. The Hall–Kier alpha value is -3.04. The molecule has 1 aliphatic rings. The molecule has 0 saturated carbocycles. The lowest BCUT2D eigenvalue weighted by Gasteiger charge is -2.37. The molecule has 0 unspecified atom stereocenters. The van der Waals surface area contributed by atoms with E-state index in [1.54, 1.807) is 27.2 Å². The Morgan fingerprint density at radius 1 is 1.24 bits per heavy atom. The van der Waals surface area contributed by atoms with Gasteiger partial charge in [-0.15, -0.1) is 0 Å². The Balaban J connectivity index is 1.65. The van der Waals surface area contributed by atoms with Gasteiger partial charge < -0.3 is 28.8 Å². The second-order valence-electron chi connectivity index (χ2n) is 7.91. The fourth-order valence-electron chi connectivity index (χ4n) is 3.90. The van der Waals surface area contributed by atoms with Gasteiger partial charge in [0.2, 0.25) is 11.7 Å². The number of fused-ring (bicyclic) bond motifs is 3. The molecule has 33 heavy (non-hydrogen) atoms. The molecule has 1 aromatic heterocycles. The van der Waals surface area contributed by atoms with Crippen LogP contribution in [0.3, 0.4) is 0 Å². The van der Waals surface area contributed by atoms with Crippen LogP contribution >= 0.6 is 15.9 Å². The minimum atomic E-state index is -1.29. The number of amides is 2. The zero-order valence-corrected chi connectivity index (χ0v) is 20.2. The van der Waals surface area contributed by atoms with Crippen LogP contribution in [0, 0.1) is 0 Å². The molecule has 8 nitrogen and oxygen atoms in total. The van der Waals surface area contributed by atoms with Gasteiger partial charge in [0.25, 0.3) is 5.91 Å². The molecule has 0 spiro atoms. The van der Waals surface area contributed by atoms with Crippen molar-refractivity contribution in [1.82, 2.24) is 10.2 Å². The van der Waals surface area contributed by atoms with Gasteiger partial charge in [-0.3, -0.25) is 9.59 Å². The molecule has 1 N–H and O–H groups in total. The lowest BCUT2D eigenvalue weighted by Crippen LogP contribution is -2.61. The van der Waals surface area contributed by atoms with Crippen LogP contribution in [0.2, 0.25) is 0 Å². The van der Waals surface area contributed by atoms with E-state index in [0.29, 0.717) is 22.5 Å². The first kappa shape index (κ1) is 23.1. The van der Waals surface area contributed by atoms with Crippen molar-refractivity contribution in [3.05, 3.63) is 58.3 Å². The monoisotopic (exact) mass is 516 g/mol. The second-order valence-corrected chi connectivity index (χ2v) is 8.82. The van der Waals surface area contributed by atoms with E-state index in [-0.39, 0.29) is 38.0 Å². The quantitative estimate of drug-likeness (QED) is 0.514. The molecule has 9 heteroatoms. The summed E-state index contributed by atoms with van der Waals surface area (Å²) in [6.07, 6.45) is 0. The Morgan fingerprint density at radius 2 is 2.03 bits per heavy atom. The maximum Gasteiger partial charge on any atom is 0.294 e. The highest BCUT2D eigenvalue weighted by atomic mass is 79.9. The third kappa shape index (κ3) is 4.30. The van der Waals surface area contributed by atoms with Gasteiger partial charge in [-0.1, -0.05) is 34.1 Å². The first-order valence-corrected chi connectivity index (χ1v) is 11.2. The number of benzene rings is 2. The van der Waals surface area contributed by atoms with Crippen LogP contribution in [0.15, 0.2) is 51.4 Å². The molecule has 0 bridgehead atoms. The van der Waals surface area contributed by atoms with Crippen LogP contribution in [-0.4, -0.2) is 56.2 Å². The molecule has 0 radical (unpaired) electrons. The predicted molar refractivity (Wildman–Crippen MR) is 126 cm³/mol. The summed E-state index contributed by atoms with van der Waals surface area (Å²) in [6.45, 7) is 2.33. The molecular formula is C24H25BrN2O6. The highest BCUT2D eigenvalue weighted by Crippen LogP contribution is 2.39. The van der Waals surface area contributed by atoms with Crippen molar-refractivity contribution in [2.24, 2.45) is 0 Å². The zero-order chi connectivity index (χ0) is 23.6. The van der Waals surface area contributed by atoms with Crippen molar-refractivity contribution >= 4 is 38.7 Å². The van der Waals surface area contributed by atoms with Crippen LogP contribution in [0.1, 0.15) is 23.0 Å². The summed E-state index contributed by atoms with van der Waals surface area (Å²) in [5.41, 5.74) is 0.0595. The maximum atomic E-state index is 13.6. The summed E-state index contributed by atoms with van der Waals surface area (Å²) in [5.74, 6) is 0.299. The van der Waals surface area contributed by atoms with E-state index in [1.807, 2.05) is 36.4 Å². The molecule has 4 rings (SSSR count). The van der Waals surface area contributed by atoms with E-state index in [1.165, 1.54) is 4.90 Å². The van der Waals surface area contributed by atoms with E-state index in [9.17, 15) is 9.59 Å². The van der Waals surface area contributed by atoms with Gasteiger partial charge in [-0.2, -0.15) is 0 Å². The Bertz CT molecular complexity index is 1190. The summed E-state index contributed by atoms with van der Waals surface area (Å²) in [4.78, 5) is 28.5. The molecule has 1 aliphatic heterocycles. The number of hydrogen-bond acceptors (Lipinski definition) is 6. The molecule has 2 aromatic carbocycles. The summed E-state index contributed by atoms with van der Waals surface area (Å²) in [7, 11) is 3.12. The molecule has 3 aromatic rings. The van der Waals surface area contributed by atoms with Gasteiger partial charge in [0.1, 0.15) is 17.9 Å². The number of carbonyl (C=O) groups is 2. The largest absolute Gasteiger partial charge is 0.496 e. The van der Waals surface area contributed by atoms with Gasteiger partial charge in [-0.05, 0) is 31.2 Å². The van der Waals surface area contributed by atoms with E-state index in [0.717, 1.165) is 10.0 Å². The van der Waals surface area contributed by atoms with Crippen LogP contribution in [0.5, 0.6) is 11.5 Å². The standard InChI is InChI=1S/C24H25BrN2O6/c1-24(23(29)26-13-15-6-4-5-7-18(15)31-3)14-32-20-17-9-8-16(25)12-19(17)33-21(20)22(28)27(24)10-11-30-2/h4-9,12H,10-11,13-14H2,1-3H3,(H,26,29)/t24-/m1/s1. The first-order valence-electron chi connectivity index (χ1n) is 10.4. The number of ether oxygens (including phenoxy) is 3. The topological polar surface area (TPSA) is 90.2 Å². The lowest BCUT2D eigenvalue weighted by molar-refractivity contribution is -0.133. The van der Waals surface area contributed by atoms with Gasteiger partial charge in [-0.25, -0.2) is 0 Å². The SMILES string of the molecule is COCCN1C(=O)c2oc3cc(Br)ccc3c2OC[C@]1(C)C(=O)NCc1ccccc1OC. The minimum Gasteiger partial charge on any atom is -0.496 e. The van der Waals surface area contributed by atoms with Crippen LogP contribution in [0.25, 0.3) is 11.0 Å². The van der Waals surface area contributed by atoms with Crippen molar-refractivity contribution in [3.8, 4) is 11.5 Å². The van der Waals surface area contributed by atoms with Crippen molar-refractivity contribution in [3.63, 3.8) is 0 Å². The predicted octanol–water partition coefficient (Wildman–Crippen LogP) is 3.76. The number of nitrogens with zero attached hydrogens (tertiary/aromatic N) is 1. The Labute approximate surface area is 199 Å². The molecule has 0 saturated heterocycles. The highest BCUT2D eigenvalue weighted by Gasteiger charge is 2.47. The Kier molecular flexibility index (Phi) is 6.62. The molecule has 2 amide bonds. The lowest BCUT2D eigenvalue weighted by atomic mass is 9.99. The maximum absolute atomic E-state index is 13.6. The summed E-state index contributed by atoms with van der Waals surface area (Å²) < 4.78 is 23.3. The van der Waals surface area contributed by atoms with Crippen molar-refractivity contribution in [2.45, 2.75) is 19.0 Å². The molecule has 174 valence electrons. The minimum absolute atomic E-state index is 0.0437. The van der Waals surface area contributed by atoms with Gasteiger partial charge in [0, 0.05) is 30.2 Å². The third-order valence-electron chi connectivity index (χ3n) is 5.78. The first-order chi connectivity index (χ1) is 15.9. The number of nitrogens with one attached hydrogen (secondary N) is 1. The fraction of sp³-hybridized carbons (Fsp3) is 0.333. The average molecular weight is 517 g/mol. The number of halogens is 1. The summed E-state index contributed by atoms with van der Waals surface area (Å²) in [5, 5.41) is 3.60. The summed E-state index contributed by atoms with van der Waals surface area (Å²) in [6, 6.07) is 12.9. The van der Waals surface area contributed by atoms with Crippen LogP contribution < -0.4 is 14.8 Å². The normalized spacial score (nSPS) is 17.9. The van der Waals surface area contributed by atoms with E-state index in [2.05, 4.69) is 21.2 Å². The van der Waals surface area contributed by atoms with Gasteiger partial charge in [0.15, 0.2) is 11.3 Å². The number of carbonyl (C=O) groups excluding carboxylic acids is 2. The number of furan rings is 1. The van der Waals surface area contributed by atoms with E-state index in [4.69, 9.17) is 18.6 Å². The molecule has 2 heterocycles. The molecule has 0 aliphatic carbocycles. The highest BCUT2D eigenvalue weighted by molar-refractivity contribution is 9.10. The zero-order valence-electron chi connectivity index (χ0n) is 18.6. The van der Waals surface area contributed by atoms with E-state index >= 15 is 0 Å². The Morgan fingerprint density at radius 3 is 2.79 bits per heavy atom. The van der Waals surface area contributed by atoms with Crippen molar-refractivity contribution in [1.29, 1.82) is 0 Å². The number of para-hydroxylation sites is 1. The number of methoxy groups -OCH3 is 2. The average Bonchev–Trinajstić information content (AvgIpc) is 3.14. The van der Waals surface area contributed by atoms with Gasteiger partial charge >= 0.3 is 0 Å². The third-order valence-corrected chi connectivity index (χ3v) is 6.27. The van der Waals surface area contributed by atoms with Gasteiger partial charge in [0.05, 0.1) is 19.1 Å². The summed E-state index contributed by atoms with van der Waals surface area (Å²) >= 11 is 3.41. The number of hydrogen-bond donors (Lipinski definition) is 1. The molecular weight excluding hydrogens is 492 g/mol. The van der Waals surface area contributed by atoms with Crippen LogP contribution in [0.4, 0.5) is 0 Å². The van der Waals surface area contributed by atoms with E-state index < -0.39 is 11.4 Å².